The van der Waals surface area contributed by atoms with Crippen molar-refractivity contribution in [3.05, 3.63) is 29.3 Å². The topological polar surface area (TPSA) is 38.5 Å². The lowest BCUT2D eigenvalue weighted by atomic mass is 9.94. The Kier molecular flexibility index (Phi) is 5.00. The number of rotatable bonds is 4. The molecule has 3 nitrogen and oxygen atoms in total. The summed E-state index contributed by atoms with van der Waals surface area (Å²) < 4.78 is 5.31. The monoisotopic (exact) mass is 292 g/mol. The number of likely N-dealkylation sites (tertiary alicyclic amines) is 1. The second-order valence-electron chi connectivity index (χ2n) is 5.86. The van der Waals surface area contributed by atoms with E-state index in [2.05, 4.69) is 30.9 Å². The first kappa shape index (κ1) is 15.3. The molecule has 20 heavy (non-hydrogen) atoms. The van der Waals surface area contributed by atoms with Crippen LogP contribution in [-0.2, 0) is 6.54 Å². The Bertz CT molecular complexity index is 489. The van der Waals surface area contributed by atoms with Crippen LogP contribution in [0.2, 0.25) is 0 Å². The molecule has 4 heteroatoms. The molecule has 0 saturated carbocycles. The van der Waals surface area contributed by atoms with E-state index in [9.17, 15) is 0 Å². The average Bonchev–Trinajstić information content (AvgIpc) is 2.42. The number of thiocarbonyl (C=S) groups is 1. The molecular formula is C16H24N2OS. The van der Waals surface area contributed by atoms with E-state index in [0.717, 1.165) is 30.3 Å². The summed E-state index contributed by atoms with van der Waals surface area (Å²) >= 11 is 5.11. The van der Waals surface area contributed by atoms with E-state index in [1.165, 1.54) is 18.4 Å². The minimum atomic E-state index is 0.392. The van der Waals surface area contributed by atoms with Gasteiger partial charge in [-0.15, -0.1) is 0 Å². The van der Waals surface area contributed by atoms with Crippen LogP contribution in [0.15, 0.2) is 18.2 Å². The van der Waals surface area contributed by atoms with E-state index in [0.29, 0.717) is 11.0 Å². The summed E-state index contributed by atoms with van der Waals surface area (Å²) in [5.74, 6) is 1.53. The third-order valence-corrected chi connectivity index (χ3v) is 4.38. The molecule has 2 atom stereocenters. The number of nitrogens with zero attached hydrogens (tertiary/aromatic N) is 1. The van der Waals surface area contributed by atoms with E-state index < -0.39 is 0 Å². The van der Waals surface area contributed by atoms with Crippen LogP contribution in [0.4, 0.5) is 0 Å². The maximum absolute atomic E-state index is 5.78. The summed E-state index contributed by atoms with van der Waals surface area (Å²) in [6, 6.07) is 6.77. The number of methoxy groups -OCH3 is 1. The summed E-state index contributed by atoms with van der Waals surface area (Å²) in [5.41, 5.74) is 7.86. The van der Waals surface area contributed by atoms with Gasteiger partial charge in [-0.05, 0) is 43.4 Å². The molecule has 0 radical (unpaired) electrons. The third kappa shape index (κ3) is 3.49. The van der Waals surface area contributed by atoms with Gasteiger partial charge >= 0.3 is 0 Å². The Balaban J connectivity index is 2.16. The first-order chi connectivity index (χ1) is 9.51. The van der Waals surface area contributed by atoms with Crippen molar-refractivity contribution in [2.24, 2.45) is 11.7 Å². The first-order valence-electron chi connectivity index (χ1n) is 7.22. The molecule has 0 aliphatic carbocycles. The Morgan fingerprint density at radius 1 is 1.40 bits per heavy atom. The van der Waals surface area contributed by atoms with Crippen molar-refractivity contribution in [3.8, 4) is 5.75 Å². The zero-order valence-corrected chi connectivity index (χ0v) is 13.4. The van der Waals surface area contributed by atoms with Crippen LogP contribution >= 0.6 is 12.2 Å². The third-order valence-electron chi connectivity index (χ3n) is 4.16. The summed E-state index contributed by atoms with van der Waals surface area (Å²) in [6.07, 6.45) is 2.61. The molecule has 0 bridgehead atoms. The van der Waals surface area contributed by atoms with Gasteiger partial charge in [-0.2, -0.15) is 0 Å². The summed E-state index contributed by atoms with van der Waals surface area (Å²) in [5, 5.41) is 0. The molecule has 2 N–H and O–H groups in total. The zero-order valence-electron chi connectivity index (χ0n) is 12.6. The molecule has 110 valence electrons. The molecule has 1 aromatic rings. The highest BCUT2D eigenvalue weighted by Crippen LogP contribution is 2.25. The van der Waals surface area contributed by atoms with Crippen LogP contribution in [0.25, 0.3) is 0 Å². The molecule has 1 aliphatic heterocycles. The van der Waals surface area contributed by atoms with E-state index >= 15 is 0 Å². The normalized spacial score (nSPS) is 23.6. The molecule has 1 saturated heterocycles. The molecule has 0 spiro atoms. The maximum Gasteiger partial charge on any atom is 0.129 e. The number of hydrogen-bond donors (Lipinski definition) is 1. The SMILES string of the molecule is COc1ccc(CN2CC(C)CCC2C)cc1C(N)=S. The lowest BCUT2D eigenvalue weighted by Crippen LogP contribution is -2.40. The lowest BCUT2D eigenvalue weighted by Gasteiger charge is -2.36. The summed E-state index contributed by atoms with van der Waals surface area (Å²) in [6.45, 7) is 6.75. The fourth-order valence-corrected chi connectivity index (χ4v) is 3.04. The fourth-order valence-electron chi connectivity index (χ4n) is 2.88. The first-order valence-corrected chi connectivity index (χ1v) is 7.63. The summed E-state index contributed by atoms with van der Waals surface area (Å²) in [4.78, 5) is 2.93. The van der Waals surface area contributed by atoms with Crippen molar-refractivity contribution in [2.75, 3.05) is 13.7 Å². The van der Waals surface area contributed by atoms with Crippen LogP contribution in [0, 0.1) is 5.92 Å². The predicted octanol–water partition coefficient (Wildman–Crippen LogP) is 2.95. The second-order valence-corrected chi connectivity index (χ2v) is 6.30. The number of nitrogens with two attached hydrogens (primary N) is 1. The number of benzene rings is 1. The van der Waals surface area contributed by atoms with Gasteiger partial charge in [0.05, 0.1) is 12.7 Å². The van der Waals surface area contributed by atoms with Crippen LogP contribution in [0.5, 0.6) is 5.75 Å². The van der Waals surface area contributed by atoms with Crippen molar-refractivity contribution < 1.29 is 4.74 Å². The Hall–Kier alpha value is -1.13. The molecule has 0 aromatic heterocycles. The molecule has 2 rings (SSSR count). The van der Waals surface area contributed by atoms with Gasteiger partial charge in [0.2, 0.25) is 0 Å². The standard InChI is InChI=1S/C16H24N2OS/c1-11-4-5-12(2)18(9-11)10-13-6-7-15(19-3)14(8-13)16(17)20/h6-8,11-12H,4-5,9-10H2,1-3H3,(H2,17,20). The van der Waals surface area contributed by atoms with Crippen molar-refractivity contribution >= 4 is 17.2 Å². The minimum absolute atomic E-state index is 0.392. The maximum atomic E-state index is 5.78. The quantitative estimate of drug-likeness (QED) is 0.866. The van der Waals surface area contributed by atoms with Crippen molar-refractivity contribution in [2.45, 2.75) is 39.3 Å². The van der Waals surface area contributed by atoms with Crippen molar-refractivity contribution in [1.29, 1.82) is 0 Å². The zero-order chi connectivity index (χ0) is 14.7. The highest BCUT2D eigenvalue weighted by atomic mass is 32.1. The van der Waals surface area contributed by atoms with Gasteiger partial charge in [0.15, 0.2) is 0 Å². The van der Waals surface area contributed by atoms with Crippen LogP contribution in [-0.4, -0.2) is 29.6 Å². The van der Waals surface area contributed by atoms with Crippen LogP contribution in [0.1, 0.15) is 37.8 Å². The molecular weight excluding hydrogens is 268 g/mol. The smallest absolute Gasteiger partial charge is 0.129 e. The lowest BCUT2D eigenvalue weighted by molar-refractivity contribution is 0.117. The highest BCUT2D eigenvalue weighted by molar-refractivity contribution is 7.80. The Labute approximate surface area is 127 Å². The van der Waals surface area contributed by atoms with Crippen LogP contribution < -0.4 is 10.5 Å². The average molecular weight is 292 g/mol. The molecule has 1 fully saturated rings. The number of ether oxygens (including phenoxy) is 1. The van der Waals surface area contributed by atoms with Crippen LogP contribution in [0.3, 0.4) is 0 Å². The molecule has 1 heterocycles. The van der Waals surface area contributed by atoms with E-state index in [1.54, 1.807) is 7.11 Å². The second kappa shape index (κ2) is 6.55. The van der Waals surface area contributed by atoms with Gasteiger partial charge < -0.3 is 10.5 Å². The van der Waals surface area contributed by atoms with E-state index in [1.807, 2.05) is 6.07 Å². The molecule has 0 amide bonds. The van der Waals surface area contributed by atoms with Crippen molar-refractivity contribution in [3.63, 3.8) is 0 Å². The molecule has 1 aliphatic rings. The Morgan fingerprint density at radius 2 is 2.15 bits per heavy atom. The molecule has 1 aromatic carbocycles. The van der Waals surface area contributed by atoms with Crippen molar-refractivity contribution in [1.82, 2.24) is 4.90 Å². The van der Waals surface area contributed by atoms with Gasteiger partial charge in [0.1, 0.15) is 10.7 Å². The van der Waals surface area contributed by atoms with E-state index in [-0.39, 0.29) is 0 Å². The largest absolute Gasteiger partial charge is 0.496 e. The predicted molar refractivity (Wildman–Crippen MR) is 87.2 cm³/mol. The van der Waals surface area contributed by atoms with Gasteiger partial charge in [-0.25, -0.2) is 0 Å². The fraction of sp³-hybridized carbons (Fsp3) is 0.562. The van der Waals surface area contributed by atoms with Gasteiger partial charge in [0, 0.05) is 19.1 Å². The van der Waals surface area contributed by atoms with Gasteiger partial charge in [-0.1, -0.05) is 25.2 Å². The minimum Gasteiger partial charge on any atom is -0.496 e. The number of piperidine rings is 1. The highest BCUT2D eigenvalue weighted by Gasteiger charge is 2.23. The summed E-state index contributed by atoms with van der Waals surface area (Å²) in [7, 11) is 1.64. The van der Waals surface area contributed by atoms with Gasteiger partial charge in [0.25, 0.3) is 0 Å². The van der Waals surface area contributed by atoms with Gasteiger partial charge in [-0.3, -0.25) is 4.90 Å². The number of hydrogen-bond acceptors (Lipinski definition) is 3. The Morgan fingerprint density at radius 3 is 2.80 bits per heavy atom. The molecule has 2 unspecified atom stereocenters. The van der Waals surface area contributed by atoms with E-state index in [4.69, 9.17) is 22.7 Å².